The largest absolute Gasteiger partial charge is 0.481 e. The monoisotopic (exact) mass is 354 g/mol. The average Bonchev–Trinajstić information content (AvgIpc) is 2.84. The summed E-state index contributed by atoms with van der Waals surface area (Å²) in [5, 5.41) is 20.7. The smallest absolute Gasteiger partial charge is 0.311 e. The first-order valence-electron chi connectivity index (χ1n) is 6.47. The van der Waals surface area contributed by atoms with Crippen LogP contribution < -0.4 is 0 Å². The van der Waals surface area contributed by atoms with Gasteiger partial charge in [0.25, 0.3) is 0 Å². The Kier molecular flexibility index (Phi) is 3.48. The minimum atomic E-state index is -0.836. The number of nitrogens with zero attached hydrogens (tertiary/aromatic N) is 4. The highest BCUT2D eigenvalue weighted by atomic mass is 79.9. The van der Waals surface area contributed by atoms with E-state index in [0.717, 1.165) is 6.42 Å². The molecule has 1 aliphatic carbocycles. The molecule has 0 aliphatic heterocycles. The summed E-state index contributed by atoms with van der Waals surface area (Å²) in [6, 6.07) is 4.57. The zero-order valence-corrected chi connectivity index (χ0v) is 12.5. The Morgan fingerprint density at radius 1 is 1.48 bits per heavy atom. The van der Waals surface area contributed by atoms with Crippen LogP contribution in [0.2, 0.25) is 0 Å². The van der Waals surface area contributed by atoms with Crippen LogP contribution in [0, 0.1) is 11.2 Å². The summed E-state index contributed by atoms with van der Waals surface area (Å²) in [4.78, 5) is 11.4. The van der Waals surface area contributed by atoms with Gasteiger partial charge >= 0.3 is 5.97 Å². The molecule has 1 heterocycles. The SMILES string of the molecule is O=C(O)C1(Cn2nnnc2-c2ccc(Br)c(F)c2)CCC1. The second-order valence-corrected chi connectivity index (χ2v) is 6.08. The topological polar surface area (TPSA) is 80.9 Å². The third kappa shape index (κ3) is 2.44. The van der Waals surface area contributed by atoms with E-state index in [1.54, 1.807) is 12.1 Å². The molecule has 3 rings (SSSR count). The van der Waals surface area contributed by atoms with E-state index in [0.29, 0.717) is 28.7 Å². The van der Waals surface area contributed by atoms with Gasteiger partial charge in [0, 0.05) is 5.56 Å². The molecule has 0 atom stereocenters. The summed E-state index contributed by atoms with van der Waals surface area (Å²) in [6.45, 7) is 0.197. The third-order valence-corrected chi connectivity index (χ3v) is 4.57. The van der Waals surface area contributed by atoms with Crippen molar-refractivity contribution in [3.63, 3.8) is 0 Å². The van der Waals surface area contributed by atoms with E-state index < -0.39 is 17.2 Å². The predicted octanol–water partition coefficient (Wildman–Crippen LogP) is 2.50. The Bertz CT molecular complexity index is 699. The van der Waals surface area contributed by atoms with E-state index >= 15 is 0 Å². The maximum atomic E-state index is 13.6. The van der Waals surface area contributed by atoms with Crippen LogP contribution in [0.4, 0.5) is 4.39 Å². The Balaban J connectivity index is 1.94. The number of rotatable bonds is 4. The van der Waals surface area contributed by atoms with Gasteiger partial charge in [0.05, 0.1) is 16.4 Å². The minimum Gasteiger partial charge on any atom is -0.481 e. The Morgan fingerprint density at radius 3 is 2.81 bits per heavy atom. The molecule has 0 amide bonds. The third-order valence-electron chi connectivity index (χ3n) is 3.93. The minimum absolute atomic E-state index is 0.197. The molecule has 1 aromatic carbocycles. The standard InChI is InChI=1S/C13H12BrFN4O2/c14-9-3-2-8(6-10(9)15)11-16-17-18-19(11)7-13(12(20)21)4-1-5-13/h2-3,6H,1,4-5,7H2,(H,20,21). The van der Waals surface area contributed by atoms with Crippen molar-refractivity contribution in [2.75, 3.05) is 0 Å². The van der Waals surface area contributed by atoms with Crippen molar-refractivity contribution in [1.82, 2.24) is 20.2 Å². The summed E-state index contributed by atoms with van der Waals surface area (Å²) in [7, 11) is 0. The van der Waals surface area contributed by atoms with Crippen LogP contribution in [-0.4, -0.2) is 31.3 Å². The predicted molar refractivity (Wildman–Crippen MR) is 74.8 cm³/mol. The van der Waals surface area contributed by atoms with Gasteiger partial charge in [-0.25, -0.2) is 9.07 Å². The number of carboxylic acids is 1. The lowest BCUT2D eigenvalue weighted by molar-refractivity contribution is -0.156. The van der Waals surface area contributed by atoms with Gasteiger partial charge in [-0.1, -0.05) is 6.42 Å². The van der Waals surface area contributed by atoms with E-state index in [1.807, 2.05) is 0 Å². The van der Waals surface area contributed by atoms with Gasteiger partial charge in [-0.05, 0) is 57.4 Å². The lowest BCUT2D eigenvalue weighted by Crippen LogP contribution is -2.42. The molecule has 0 radical (unpaired) electrons. The van der Waals surface area contributed by atoms with Gasteiger partial charge in [0.1, 0.15) is 5.82 Å². The summed E-state index contributed by atoms with van der Waals surface area (Å²) in [5.41, 5.74) is -0.293. The van der Waals surface area contributed by atoms with Crippen LogP contribution in [0.15, 0.2) is 22.7 Å². The molecular formula is C13H12BrFN4O2. The van der Waals surface area contributed by atoms with E-state index in [4.69, 9.17) is 0 Å². The van der Waals surface area contributed by atoms with Crippen LogP contribution in [0.3, 0.4) is 0 Å². The van der Waals surface area contributed by atoms with E-state index in [9.17, 15) is 14.3 Å². The van der Waals surface area contributed by atoms with Crippen LogP contribution in [0.1, 0.15) is 19.3 Å². The molecule has 1 N–H and O–H groups in total. The average molecular weight is 355 g/mol. The van der Waals surface area contributed by atoms with Crippen molar-refractivity contribution in [2.45, 2.75) is 25.8 Å². The maximum absolute atomic E-state index is 13.6. The zero-order chi connectivity index (χ0) is 15.0. The molecule has 21 heavy (non-hydrogen) atoms. The van der Waals surface area contributed by atoms with Gasteiger partial charge in [-0.15, -0.1) is 5.10 Å². The van der Waals surface area contributed by atoms with Gasteiger partial charge in [-0.3, -0.25) is 4.79 Å². The normalized spacial score (nSPS) is 16.5. The highest BCUT2D eigenvalue weighted by Gasteiger charge is 2.45. The number of carbonyl (C=O) groups is 1. The molecule has 0 unspecified atom stereocenters. The fourth-order valence-electron chi connectivity index (χ4n) is 2.48. The van der Waals surface area contributed by atoms with Crippen molar-refractivity contribution in [2.24, 2.45) is 5.41 Å². The summed E-state index contributed by atoms with van der Waals surface area (Å²) in [5.74, 6) is -0.884. The Labute approximate surface area is 128 Å². The Morgan fingerprint density at radius 2 is 2.24 bits per heavy atom. The van der Waals surface area contributed by atoms with Crippen molar-refractivity contribution in [3.8, 4) is 11.4 Å². The Hall–Kier alpha value is -1.83. The fraction of sp³-hybridized carbons (Fsp3) is 0.385. The van der Waals surface area contributed by atoms with Gasteiger partial charge in [-0.2, -0.15) is 0 Å². The highest BCUT2D eigenvalue weighted by Crippen LogP contribution is 2.43. The molecule has 2 aromatic rings. The highest BCUT2D eigenvalue weighted by molar-refractivity contribution is 9.10. The van der Waals surface area contributed by atoms with Gasteiger partial charge < -0.3 is 5.11 Å². The fourth-order valence-corrected chi connectivity index (χ4v) is 2.73. The van der Waals surface area contributed by atoms with Gasteiger partial charge in [0.15, 0.2) is 5.82 Å². The summed E-state index contributed by atoms with van der Waals surface area (Å²) >= 11 is 3.09. The lowest BCUT2D eigenvalue weighted by Gasteiger charge is -2.37. The number of aliphatic carboxylic acids is 1. The van der Waals surface area contributed by atoms with Crippen LogP contribution >= 0.6 is 15.9 Å². The second kappa shape index (κ2) is 5.18. The molecule has 8 heteroatoms. The second-order valence-electron chi connectivity index (χ2n) is 5.23. The molecule has 110 valence electrons. The number of hydrogen-bond donors (Lipinski definition) is 1. The molecule has 0 spiro atoms. The van der Waals surface area contributed by atoms with Crippen LogP contribution in [0.5, 0.6) is 0 Å². The summed E-state index contributed by atoms with van der Waals surface area (Å²) < 4.78 is 15.4. The van der Waals surface area contributed by atoms with E-state index in [2.05, 4.69) is 31.5 Å². The number of aromatic nitrogens is 4. The van der Waals surface area contributed by atoms with Crippen LogP contribution in [0.25, 0.3) is 11.4 Å². The quantitative estimate of drug-likeness (QED) is 0.912. The molecule has 1 saturated carbocycles. The lowest BCUT2D eigenvalue weighted by atomic mass is 9.69. The van der Waals surface area contributed by atoms with Crippen molar-refractivity contribution in [1.29, 1.82) is 0 Å². The summed E-state index contributed by atoms with van der Waals surface area (Å²) in [6.07, 6.45) is 2.10. The van der Waals surface area contributed by atoms with Crippen molar-refractivity contribution in [3.05, 3.63) is 28.5 Å². The molecule has 1 aliphatic rings. The van der Waals surface area contributed by atoms with Crippen molar-refractivity contribution >= 4 is 21.9 Å². The molecular weight excluding hydrogens is 343 g/mol. The van der Waals surface area contributed by atoms with Crippen molar-refractivity contribution < 1.29 is 14.3 Å². The molecule has 0 bridgehead atoms. The molecule has 1 aromatic heterocycles. The maximum Gasteiger partial charge on any atom is 0.311 e. The van der Waals surface area contributed by atoms with E-state index in [-0.39, 0.29) is 6.54 Å². The first-order chi connectivity index (χ1) is 10.0. The number of halogens is 2. The number of tetrazole rings is 1. The zero-order valence-electron chi connectivity index (χ0n) is 11.0. The first kappa shape index (κ1) is 14.1. The number of hydrogen-bond acceptors (Lipinski definition) is 4. The molecule has 6 nitrogen and oxygen atoms in total. The molecule has 1 fully saturated rings. The van der Waals surface area contributed by atoms with E-state index in [1.165, 1.54) is 10.7 Å². The number of benzene rings is 1. The number of carboxylic acid groups (broad SMARTS) is 1. The van der Waals surface area contributed by atoms with Gasteiger partial charge in [0.2, 0.25) is 0 Å². The molecule has 0 saturated heterocycles. The first-order valence-corrected chi connectivity index (χ1v) is 7.26. The van der Waals surface area contributed by atoms with Crippen LogP contribution in [-0.2, 0) is 11.3 Å².